The highest BCUT2D eigenvalue weighted by Gasteiger charge is 2.42. The molecule has 130 valence electrons. The minimum Gasteiger partial charge on any atom is -0.390 e. The molecule has 1 saturated carbocycles. The Kier molecular flexibility index (Phi) is 4.10. The fourth-order valence-corrected chi connectivity index (χ4v) is 3.80. The molecule has 4 atom stereocenters. The second kappa shape index (κ2) is 6.42. The Balaban J connectivity index is 1.54. The van der Waals surface area contributed by atoms with E-state index in [9.17, 15) is 10.2 Å². The van der Waals surface area contributed by atoms with Gasteiger partial charge in [0.2, 0.25) is 0 Å². The van der Waals surface area contributed by atoms with E-state index in [4.69, 9.17) is 5.73 Å². The predicted molar refractivity (Wildman–Crippen MR) is 93.7 cm³/mol. The fourth-order valence-electron chi connectivity index (χ4n) is 3.80. The first kappa shape index (κ1) is 16.0. The van der Waals surface area contributed by atoms with Crippen LogP contribution in [0.25, 0.3) is 11.0 Å². The zero-order chi connectivity index (χ0) is 17.4. The first-order valence-electron chi connectivity index (χ1n) is 8.48. The van der Waals surface area contributed by atoms with Gasteiger partial charge in [-0.2, -0.15) is 0 Å². The highest BCUT2D eigenvalue weighted by Crippen LogP contribution is 2.39. The number of nitrogens with zero attached hydrogens (tertiary/aromatic N) is 4. The number of fused-ring (bicyclic) bond motifs is 1. The van der Waals surface area contributed by atoms with Crippen LogP contribution in [-0.2, 0) is 6.42 Å². The van der Waals surface area contributed by atoms with E-state index in [1.54, 1.807) is 6.20 Å². The molecule has 3 heterocycles. The molecule has 0 aliphatic heterocycles. The quantitative estimate of drug-likeness (QED) is 0.661. The van der Waals surface area contributed by atoms with Gasteiger partial charge in [0.05, 0.1) is 17.5 Å². The van der Waals surface area contributed by atoms with Crippen LogP contribution >= 0.6 is 0 Å². The average molecular weight is 339 g/mol. The lowest BCUT2D eigenvalue weighted by molar-refractivity contribution is 0.00542. The van der Waals surface area contributed by atoms with Crippen molar-refractivity contribution in [3.63, 3.8) is 0 Å². The van der Waals surface area contributed by atoms with Crippen LogP contribution in [-0.4, -0.2) is 41.9 Å². The maximum atomic E-state index is 10.6. The Morgan fingerprint density at radius 2 is 2.00 bits per heavy atom. The number of aryl methyl sites for hydroxylation is 1. The lowest BCUT2D eigenvalue weighted by Crippen LogP contribution is -2.29. The molecule has 25 heavy (non-hydrogen) atoms. The molecule has 0 aromatic carbocycles. The molecule has 7 nitrogen and oxygen atoms in total. The van der Waals surface area contributed by atoms with Gasteiger partial charge in [0.1, 0.15) is 23.9 Å². The monoisotopic (exact) mass is 339 g/mol. The third-order valence-corrected chi connectivity index (χ3v) is 5.17. The number of aliphatic hydroxyl groups is 2. The van der Waals surface area contributed by atoms with Crippen LogP contribution < -0.4 is 5.73 Å². The first-order valence-corrected chi connectivity index (χ1v) is 8.48. The zero-order valence-electron chi connectivity index (χ0n) is 13.7. The van der Waals surface area contributed by atoms with Gasteiger partial charge in [-0.25, -0.2) is 9.97 Å². The van der Waals surface area contributed by atoms with E-state index in [0.29, 0.717) is 17.9 Å². The second-order valence-electron chi connectivity index (χ2n) is 6.62. The number of rotatable bonds is 4. The Bertz CT molecular complexity index is 866. The number of pyridine rings is 1. The van der Waals surface area contributed by atoms with Crippen molar-refractivity contribution in [2.75, 3.05) is 5.73 Å². The number of hydrogen-bond donors (Lipinski definition) is 3. The van der Waals surface area contributed by atoms with Gasteiger partial charge in [0, 0.05) is 18.1 Å². The van der Waals surface area contributed by atoms with Crippen molar-refractivity contribution in [2.45, 2.75) is 37.5 Å². The molecule has 4 N–H and O–H groups in total. The Morgan fingerprint density at radius 3 is 2.80 bits per heavy atom. The lowest BCUT2D eigenvalue weighted by Gasteiger charge is -2.19. The average Bonchev–Trinajstić information content (AvgIpc) is 3.18. The van der Waals surface area contributed by atoms with E-state index in [2.05, 4.69) is 15.0 Å². The van der Waals surface area contributed by atoms with Gasteiger partial charge in [0.15, 0.2) is 0 Å². The predicted octanol–water partition coefficient (Wildman–Crippen LogP) is 1.32. The summed E-state index contributed by atoms with van der Waals surface area (Å²) in [7, 11) is 0. The summed E-state index contributed by atoms with van der Waals surface area (Å²) in [6.45, 7) is 0. The largest absolute Gasteiger partial charge is 0.390 e. The van der Waals surface area contributed by atoms with E-state index in [1.165, 1.54) is 6.33 Å². The number of anilines is 1. The molecule has 0 amide bonds. The molecular formula is C18H21N5O2. The van der Waals surface area contributed by atoms with Crippen molar-refractivity contribution in [3.05, 3.63) is 48.7 Å². The topological polar surface area (TPSA) is 110 Å². The van der Waals surface area contributed by atoms with Crippen molar-refractivity contribution < 1.29 is 10.2 Å². The van der Waals surface area contributed by atoms with E-state index in [-0.39, 0.29) is 12.0 Å². The molecule has 0 saturated heterocycles. The molecule has 7 heteroatoms. The maximum Gasteiger partial charge on any atom is 0.145 e. The fraction of sp³-hybridized carbons (Fsp3) is 0.389. The third-order valence-electron chi connectivity index (χ3n) is 5.17. The summed E-state index contributed by atoms with van der Waals surface area (Å²) in [4.78, 5) is 12.6. The highest BCUT2D eigenvalue weighted by atomic mass is 16.3. The van der Waals surface area contributed by atoms with Gasteiger partial charge >= 0.3 is 0 Å². The van der Waals surface area contributed by atoms with Crippen LogP contribution in [0.1, 0.15) is 24.6 Å². The normalized spacial score (nSPS) is 26.3. The summed E-state index contributed by atoms with van der Waals surface area (Å²) >= 11 is 0. The van der Waals surface area contributed by atoms with Crippen molar-refractivity contribution >= 4 is 16.9 Å². The minimum absolute atomic E-state index is 0.0126. The molecular weight excluding hydrogens is 318 g/mol. The molecule has 0 radical (unpaired) electrons. The Labute approximate surface area is 145 Å². The molecule has 1 aliphatic rings. The van der Waals surface area contributed by atoms with Crippen LogP contribution in [0.5, 0.6) is 0 Å². The van der Waals surface area contributed by atoms with E-state index in [1.807, 2.05) is 35.0 Å². The molecule has 0 unspecified atom stereocenters. The molecule has 0 bridgehead atoms. The van der Waals surface area contributed by atoms with E-state index < -0.39 is 12.2 Å². The summed E-state index contributed by atoms with van der Waals surface area (Å²) in [6.07, 6.45) is 5.70. The Hall–Kier alpha value is -2.51. The second-order valence-corrected chi connectivity index (χ2v) is 6.62. The lowest BCUT2D eigenvalue weighted by atomic mass is 9.98. The molecule has 1 fully saturated rings. The van der Waals surface area contributed by atoms with Gasteiger partial charge in [-0.1, -0.05) is 6.07 Å². The number of aromatic nitrogens is 4. The molecule has 0 spiro atoms. The van der Waals surface area contributed by atoms with Crippen LogP contribution in [0.2, 0.25) is 0 Å². The van der Waals surface area contributed by atoms with Gasteiger partial charge in [0.25, 0.3) is 0 Å². The molecule has 4 rings (SSSR count). The minimum atomic E-state index is -0.833. The van der Waals surface area contributed by atoms with E-state index >= 15 is 0 Å². The summed E-state index contributed by atoms with van der Waals surface area (Å²) in [5.41, 5.74) is 7.57. The van der Waals surface area contributed by atoms with Crippen LogP contribution in [0.15, 0.2) is 43.0 Å². The van der Waals surface area contributed by atoms with Crippen molar-refractivity contribution in [1.29, 1.82) is 0 Å². The van der Waals surface area contributed by atoms with Gasteiger partial charge in [-0.15, -0.1) is 0 Å². The summed E-state index contributed by atoms with van der Waals surface area (Å²) in [5, 5.41) is 21.8. The number of hydrogen-bond acceptors (Lipinski definition) is 6. The summed E-state index contributed by atoms with van der Waals surface area (Å²) in [6, 6.07) is 7.45. The Morgan fingerprint density at radius 1 is 1.12 bits per heavy atom. The third kappa shape index (κ3) is 2.85. The van der Waals surface area contributed by atoms with Gasteiger partial charge in [-0.05, 0) is 43.4 Å². The van der Waals surface area contributed by atoms with Crippen LogP contribution in [0.3, 0.4) is 0 Å². The van der Waals surface area contributed by atoms with Crippen molar-refractivity contribution in [1.82, 2.24) is 19.5 Å². The number of nitrogens with two attached hydrogens (primary N) is 1. The summed E-state index contributed by atoms with van der Waals surface area (Å²) in [5.74, 6) is 0.433. The van der Waals surface area contributed by atoms with Crippen molar-refractivity contribution in [3.8, 4) is 0 Å². The maximum absolute atomic E-state index is 10.6. The van der Waals surface area contributed by atoms with Gasteiger partial charge in [-0.3, -0.25) is 4.98 Å². The molecule has 3 aromatic heterocycles. The SMILES string of the molecule is Nc1ncnc2c1ccn2[C@@H]1C[C@H](CCc2ccccn2)[C@@H](O)[C@H]1O. The smallest absolute Gasteiger partial charge is 0.145 e. The number of nitrogen functional groups attached to an aromatic ring is 1. The summed E-state index contributed by atoms with van der Waals surface area (Å²) < 4.78 is 1.90. The number of aliphatic hydroxyl groups excluding tert-OH is 2. The van der Waals surface area contributed by atoms with E-state index in [0.717, 1.165) is 23.9 Å². The molecule has 3 aromatic rings. The highest BCUT2D eigenvalue weighted by molar-refractivity contribution is 5.86. The van der Waals surface area contributed by atoms with Gasteiger partial charge < -0.3 is 20.5 Å². The van der Waals surface area contributed by atoms with Crippen LogP contribution in [0, 0.1) is 5.92 Å². The first-order chi connectivity index (χ1) is 12.1. The standard InChI is InChI=1S/C18H21N5O2/c19-17-13-6-8-23(18(13)22-10-21-17)14-9-11(15(24)16(14)25)4-5-12-3-1-2-7-20-12/h1-3,6-8,10-11,14-16,24-25H,4-5,9H2,(H2,19,21,22)/t11-,14+,15+,16-/m0/s1. The zero-order valence-corrected chi connectivity index (χ0v) is 13.7. The van der Waals surface area contributed by atoms with Crippen LogP contribution in [0.4, 0.5) is 5.82 Å². The molecule has 1 aliphatic carbocycles. The van der Waals surface area contributed by atoms with Crippen molar-refractivity contribution in [2.24, 2.45) is 5.92 Å².